The summed E-state index contributed by atoms with van der Waals surface area (Å²) in [6, 6.07) is 28.7. The molecule has 33 heavy (non-hydrogen) atoms. The molecule has 0 fully saturated rings. The summed E-state index contributed by atoms with van der Waals surface area (Å²) in [6.07, 6.45) is 0. The molecule has 0 spiro atoms. The van der Waals surface area contributed by atoms with Gasteiger partial charge in [0.2, 0.25) is 0 Å². The van der Waals surface area contributed by atoms with Crippen molar-refractivity contribution in [1.82, 2.24) is 0 Å². The van der Waals surface area contributed by atoms with E-state index in [0.717, 1.165) is 24.9 Å². The van der Waals surface area contributed by atoms with Gasteiger partial charge in [-0.1, -0.05) is 67.2 Å². The van der Waals surface area contributed by atoms with Crippen molar-refractivity contribution in [3.05, 3.63) is 106 Å². The van der Waals surface area contributed by atoms with Crippen LogP contribution in [0.5, 0.6) is 0 Å². The van der Waals surface area contributed by atoms with Gasteiger partial charge in [-0.25, -0.2) is 0 Å². The van der Waals surface area contributed by atoms with E-state index in [9.17, 15) is 0 Å². The standard InChI is InChI=1S/C31H34N2/c1-6-32-30-20-19-29(27-11-9-10-12-28(27)30)31(24-15-13-22(4)14-16-24)26-18-17-25(21-23(26)5)33(7-2)8-3/h9-21,32H,4,6-8H2,1-3,5H3. The topological polar surface area (TPSA) is 15.3 Å². The normalized spacial score (nSPS) is 10.9. The quantitative estimate of drug-likeness (QED) is 0.379. The molecule has 0 aliphatic heterocycles. The van der Waals surface area contributed by atoms with Gasteiger partial charge in [0.1, 0.15) is 0 Å². The minimum absolute atomic E-state index is 0.900. The zero-order valence-corrected chi connectivity index (χ0v) is 20.3. The molecule has 0 radical (unpaired) electrons. The van der Waals surface area contributed by atoms with Gasteiger partial charge in [-0.05, 0) is 84.0 Å². The SMILES string of the molecule is C=c1ccc(=C(c2ccc(N(CC)CC)cc2C)c2ccc(NCC)c3ccccc23)cc1. The Morgan fingerprint density at radius 3 is 2.09 bits per heavy atom. The third-order valence-electron chi connectivity index (χ3n) is 6.41. The van der Waals surface area contributed by atoms with Gasteiger partial charge in [-0.2, -0.15) is 0 Å². The second kappa shape index (κ2) is 9.95. The predicted octanol–water partition coefficient (Wildman–Crippen LogP) is 6.08. The zero-order valence-electron chi connectivity index (χ0n) is 20.3. The fourth-order valence-electron chi connectivity index (χ4n) is 4.70. The lowest BCUT2D eigenvalue weighted by Gasteiger charge is -2.23. The summed E-state index contributed by atoms with van der Waals surface area (Å²) in [4.78, 5) is 2.40. The van der Waals surface area contributed by atoms with Gasteiger partial charge < -0.3 is 10.2 Å². The maximum absolute atomic E-state index is 4.09. The minimum Gasteiger partial charge on any atom is -0.385 e. The largest absolute Gasteiger partial charge is 0.385 e. The van der Waals surface area contributed by atoms with E-state index in [1.807, 2.05) is 0 Å². The van der Waals surface area contributed by atoms with Crippen LogP contribution in [0.2, 0.25) is 0 Å². The lowest BCUT2D eigenvalue weighted by atomic mass is 9.88. The molecule has 0 saturated carbocycles. The smallest absolute Gasteiger partial charge is 0.0420 e. The molecule has 4 aromatic carbocycles. The Balaban J connectivity index is 2.03. The van der Waals surface area contributed by atoms with E-state index in [2.05, 4.69) is 123 Å². The molecule has 4 aromatic rings. The molecule has 2 heteroatoms. The molecule has 168 valence electrons. The van der Waals surface area contributed by atoms with Crippen molar-refractivity contribution in [2.45, 2.75) is 27.7 Å². The first-order valence-corrected chi connectivity index (χ1v) is 12.0. The number of aryl methyl sites for hydroxylation is 1. The van der Waals surface area contributed by atoms with Gasteiger partial charge >= 0.3 is 0 Å². The Kier molecular flexibility index (Phi) is 6.84. The van der Waals surface area contributed by atoms with E-state index < -0.39 is 0 Å². The van der Waals surface area contributed by atoms with Crippen molar-refractivity contribution in [2.24, 2.45) is 0 Å². The maximum Gasteiger partial charge on any atom is 0.0420 e. The molecule has 2 nitrogen and oxygen atoms in total. The first-order valence-electron chi connectivity index (χ1n) is 12.0. The number of hydrogen-bond acceptors (Lipinski definition) is 2. The highest BCUT2D eigenvalue weighted by atomic mass is 15.1. The molecule has 0 aromatic heterocycles. The van der Waals surface area contributed by atoms with E-state index in [1.54, 1.807) is 0 Å². The molecular formula is C31H34N2. The first kappa shape index (κ1) is 22.7. The number of benzene rings is 4. The molecule has 0 aliphatic carbocycles. The second-order valence-electron chi connectivity index (χ2n) is 8.48. The summed E-state index contributed by atoms with van der Waals surface area (Å²) >= 11 is 0. The molecule has 0 bridgehead atoms. The van der Waals surface area contributed by atoms with Crippen molar-refractivity contribution in [3.8, 4) is 0 Å². The number of nitrogens with one attached hydrogen (secondary N) is 1. The monoisotopic (exact) mass is 434 g/mol. The highest BCUT2D eigenvalue weighted by Crippen LogP contribution is 2.34. The van der Waals surface area contributed by atoms with E-state index in [-0.39, 0.29) is 0 Å². The zero-order chi connectivity index (χ0) is 23.4. The Morgan fingerprint density at radius 2 is 1.45 bits per heavy atom. The van der Waals surface area contributed by atoms with Crippen LogP contribution >= 0.6 is 0 Å². The summed E-state index contributed by atoms with van der Waals surface area (Å²) in [5, 5.41) is 8.27. The lowest BCUT2D eigenvalue weighted by Crippen LogP contribution is -2.22. The third-order valence-corrected chi connectivity index (χ3v) is 6.41. The van der Waals surface area contributed by atoms with Gasteiger partial charge in [0.25, 0.3) is 0 Å². The second-order valence-corrected chi connectivity index (χ2v) is 8.48. The Bertz CT molecular complexity index is 1360. The molecule has 0 aliphatic rings. The van der Waals surface area contributed by atoms with E-state index in [1.165, 1.54) is 49.6 Å². The lowest BCUT2D eigenvalue weighted by molar-refractivity contribution is 0.865. The van der Waals surface area contributed by atoms with Crippen molar-refractivity contribution in [3.63, 3.8) is 0 Å². The van der Waals surface area contributed by atoms with Crippen LogP contribution in [0.1, 0.15) is 37.5 Å². The van der Waals surface area contributed by atoms with E-state index in [4.69, 9.17) is 0 Å². The molecule has 0 amide bonds. The minimum atomic E-state index is 0.900. The van der Waals surface area contributed by atoms with Crippen LogP contribution in [0.4, 0.5) is 11.4 Å². The van der Waals surface area contributed by atoms with Crippen LogP contribution in [0, 0.1) is 6.92 Å². The summed E-state index contributed by atoms with van der Waals surface area (Å²) in [6.45, 7) is 15.8. The van der Waals surface area contributed by atoms with Crippen LogP contribution in [0.15, 0.2) is 78.9 Å². The fraction of sp³-hybridized carbons (Fsp3) is 0.226. The summed E-state index contributed by atoms with van der Waals surface area (Å²) in [5.41, 5.74) is 7.52. The van der Waals surface area contributed by atoms with Gasteiger partial charge in [0, 0.05) is 36.4 Å². The Hall–Kier alpha value is -3.52. The molecular weight excluding hydrogens is 400 g/mol. The first-order chi connectivity index (χ1) is 16.1. The van der Waals surface area contributed by atoms with E-state index in [0.29, 0.717) is 0 Å². The number of rotatable bonds is 7. The molecule has 4 rings (SSSR count). The fourth-order valence-corrected chi connectivity index (χ4v) is 4.70. The maximum atomic E-state index is 4.09. The molecule has 0 unspecified atom stereocenters. The highest BCUT2D eigenvalue weighted by molar-refractivity contribution is 6.03. The predicted molar refractivity (Wildman–Crippen MR) is 146 cm³/mol. The van der Waals surface area contributed by atoms with Gasteiger partial charge in [0.15, 0.2) is 0 Å². The van der Waals surface area contributed by atoms with Crippen molar-refractivity contribution in [2.75, 3.05) is 29.9 Å². The molecule has 0 heterocycles. The van der Waals surface area contributed by atoms with Crippen LogP contribution in [-0.2, 0) is 0 Å². The molecule has 0 saturated heterocycles. The molecule has 1 N–H and O–H groups in total. The van der Waals surface area contributed by atoms with E-state index >= 15 is 0 Å². The van der Waals surface area contributed by atoms with Crippen LogP contribution in [-0.4, -0.2) is 19.6 Å². The van der Waals surface area contributed by atoms with Crippen LogP contribution < -0.4 is 20.7 Å². The number of hydrogen-bond donors (Lipinski definition) is 1. The van der Waals surface area contributed by atoms with Gasteiger partial charge in [0.05, 0.1) is 0 Å². The number of nitrogens with zero attached hydrogens (tertiary/aromatic N) is 1. The summed E-state index contributed by atoms with van der Waals surface area (Å²) in [5.74, 6) is 0. The van der Waals surface area contributed by atoms with Crippen molar-refractivity contribution in [1.29, 1.82) is 0 Å². The van der Waals surface area contributed by atoms with Gasteiger partial charge in [-0.15, -0.1) is 0 Å². The average Bonchev–Trinajstić information content (AvgIpc) is 2.83. The van der Waals surface area contributed by atoms with Gasteiger partial charge in [-0.3, -0.25) is 0 Å². The highest BCUT2D eigenvalue weighted by Gasteiger charge is 2.15. The summed E-state index contributed by atoms with van der Waals surface area (Å²) < 4.78 is 0. The molecule has 0 atom stereocenters. The Morgan fingerprint density at radius 1 is 0.788 bits per heavy atom. The third kappa shape index (κ3) is 4.52. The van der Waals surface area contributed by atoms with Crippen molar-refractivity contribution >= 4 is 34.3 Å². The van der Waals surface area contributed by atoms with Crippen molar-refractivity contribution < 1.29 is 0 Å². The summed E-state index contributed by atoms with van der Waals surface area (Å²) in [7, 11) is 0. The van der Waals surface area contributed by atoms with Crippen LogP contribution in [0.25, 0.3) is 22.9 Å². The average molecular weight is 435 g/mol. The number of anilines is 2. The Labute approximate surface area is 197 Å². The van der Waals surface area contributed by atoms with Crippen LogP contribution in [0.3, 0.4) is 0 Å². The number of fused-ring (bicyclic) bond motifs is 1.